The van der Waals surface area contributed by atoms with Gasteiger partial charge in [-0.05, 0) is 95.4 Å². The average Bonchev–Trinajstić information content (AvgIpc) is 3.12. The van der Waals surface area contributed by atoms with E-state index in [0.29, 0.717) is 49.6 Å². The molecular weight excluding hydrogens is 702 g/mol. The molecular formula is C40H60ClN3O9. The van der Waals surface area contributed by atoms with Crippen LogP contribution in [0.2, 0.25) is 0 Å². The Morgan fingerprint density at radius 3 is 2.53 bits per heavy atom. The lowest BCUT2D eigenvalue weighted by Gasteiger charge is -2.60. The van der Waals surface area contributed by atoms with Gasteiger partial charge in [0, 0.05) is 44.2 Å². The second kappa shape index (κ2) is 19.8. The number of hydrogen-bond donors (Lipinski definition) is 3. The van der Waals surface area contributed by atoms with Gasteiger partial charge < -0.3 is 39.3 Å². The zero-order valence-corrected chi connectivity index (χ0v) is 32.9. The molecule has 296 valence electrons. The maximum Gasteiger partial charge on any atom is 0.412 e. The van der Waals surface area contributed by atoms with Crippen molar-refractivity contribution >= 4 is 29.5 Å². The SMILES string of the molecule is C=CCO[C@@]12Oc3ccc(OC(=O)NCC)cc3[C@H]3[C@H](CCCCO)[C@@H](CCCCO)C=C(C(=NOC(C)(C)C)C[C@@H]1N(CCC)C(=O)OCCCl)[C@H]32. The third-order valence-corrected chi connectivity index (χ3v) is 10.1. The Labute approximate surface area is 319 Å². The van der Waals surface area contributed by atoms with Crippen LogP contribution >= 0.6 is 11.6 Å². The molecule has 53 heavy (non-hydrogen) atoms. The largest absolute Gasteiger partial charge is 0.459 e. The summed E-state index contributed by atoms with van der Waals surface area (Å²) >= 11 is 5.97. The number of allylic oxidation sites excluding steroid dienone is 1. The van der Waals surface area contributed by atoms with Crippen molar-refractivity contribution in [1.29, 1.82) is 0 Å². The minimum absolute atomic E-state index is 0.0226. The lowest BCUT2D eigenvalue weighted by Crippen LogP contribution is -2.70. The fraction of sp³-hybridized carbons (Fsp3) is 0.675. The number of unbranched alkanes of at least 4 members (excludes halogenated alkanes) is 2. The average molecular weight is 762 g/mol. The minimum atomic E-state index is -1.42. The molecule has 0 spiro atoms. The van der Waals surface area contributed by atoms with Crippen LogP contribution in [0.5, 0.6) is 11.5 Å². The number of aliphatic hydroxyl groups excluding tert-OH is 2. The third-order valence-electron chi connectivity index (χ3n) is 9.98. The normalized spacial score (nSPS) is 25.3. The van der Waals surface area contributed by atoms with Crippen LogP contribution in [0, 0.1) is 17.8 Å². The Morgan fingerprint density at radius 2 is 1.89 bits per heavy atom. The van der Waals surface area contributed by atoms with E-state index in [1.807, 2.05) is 46.8 Å². The molecule has 1 saturated carbocycles. The summed E-state index contributed by atoms with van der Waals surface area (Å²) in [7, 11) is 0. The van der Waals surface area contributed by atoms with E-state index in [4.69, 9.17) is 40.5 Å². The summed E-state index contributed by atoms with van der Waals surface area (Å²) in [5.41, 5.74) is 1.86. The first-order valence-corrected chi connectivity index (χ1v) is 19.7. The highest BCUT2D eigenvalue weighted by Crippen LogP contribution is 2.62. The van der Waals surface area contributed by atoms with E-state index in [2.05, 4.69) is 18.0 Å². The van der Waals surface area contributed by atoms with Gasteiger partial charge >= 0.3 is 12.2 Å². The smallest absolute Gasteiger partial charge is 0.412 e. The molecule has 1 heterocycles. The Kier molecular flexibility index (Phi) is 15.9. The van der Waals surface area contributed by atoms with Gasteiger partial charge in [0.05, 0.1) is 24.1 Å². The highest BCUT2D eigenvalue weighted by Gasteiger charge is 2.65. The number of hydrogen-bond acceptors (Lipinski definition) is 10. The van der Waals surface area contributed by atoms with Crippen molar-refractivity contribution in [3.8, 4) is 11.5 Å². The van der Waals surface area contributed by atoms with Crippen LogP contribution in [0.4, 0.5) is 9.59 Å². The first-order chi connectivity index (χ1) is 25.5. The highest BCUT2D eigenvalue weighted by molar-refractivity contribution is 6.18. The molecule has 13 heteroatoms. The molecule has 3 N–H and O–H groups in total. The van der Waals surface area contributed by atoms with Crippen LogP contribution in [0.1, 0.15) is 97.5 Å². The molecule has 2 amide bonds. The maximum atomic E-state index is 14.0. The van der Waals surface area contributed by atoms with Crippen LogP contribution in [0.15, 0.2) is 47.7 Å². The van der Waals surface area contributed by atoms with Crippen LogP contribution in [-0.4, -0.2) is 95.8 Å². The first kappa shape index (κ1) is 42.4. The Hall–Kier alpha value is -3.32. The van der Waals surface area contributed by atoms with Gasteiger partial charge in [-0.15, -0.1) is 18.2 Å². The van der Waals surface area contributed by atoms with Crippen molar-refractivity contribution in [2.45, 2.75) is 109 Å². The van der Waals surface area contributed by atoms with Crippen molar-refractivity contribution in [3.05, 3.63) is 48.1 Å². The van der Waals surface area contributed by atoms with Crippen LogP contribution < -0.4 is 14.8 Å². The number of ether oxygens (including phenoxy) is 4. The maximum absolute atomic E-state index is 14.0. The molecule has 6 atom stereocenters. The molecule has 1 aliphatic heterocycles. The molecule has 2 aliphatic carbocycles. The fourth-order valence-electron chi connectivity index (χ4n) is 8.02. The van der Waals surface area contributed by atoms with Gasteiger partial charge in [0.2, 0.25) is 5.79 Å². The van der Waals surface area contributed by atoms with E-state index < -0.39 is 35.5 Å². The number of benzene rings is 1. The van der Waals surface area contributed by atoms with Crippen molar-refractivity contribution in [1.82, 2.24) is 10.2 Å². The fourth-order valence-corrected chi connectivity index (χ4v) is 8.09. The number of amides is 2. The van der Waals surface area contributed by atoms with E-state index in [-0.39, 0.29) is 56.5 Å². The Bertz CT molecular complexity index is 1450. The molecule has 1 fully saturated rings. The number of fused-ring (bicyclic) bond motifs is 2. The zero-order valence-electron chi connectivity index (χ0n) is 32.1. The second-order valence-corrected chi connectivity index (χ2v) is 15.3. The second-order valence-electron chi connectivity index (χ2n) is 14.9. The first-order valence-electron chi connectivity index (χ1n) is 19.2. The number of nitrogens with zero attached hydrogens (tertiary/aromatic N) is 2. The predicted octanol–water partition coefficient (Wildman–Crippen LogP) is 7.31. The van der Waals surface area contributed by atoms with Gasteiger partial charge in [-0.2, -0.15) is 0 Å². The van der Waals surface area contributed by atoms with E-state index in [0.717, 1.165) is 36.8 Å². The van der Waals surface area contributed by atoms with Crippen LogP contribution in [0.25, 0.3) is 0 Å². The van der Waals surface area contributed by atoms with Crippen LogP contribution in [0.3, 0.4) is 0 Å². The molecule has 0 bridgehead atoms. The summed E-state index contributed by atoms with van der Waals surface area (Å²) in [5.74, 6) is -1.01. The number of carbonyl (C=O) groups excluding carboxylic acids is 2. The minimum Gasteiger partial charge on any atom is -0.459 e. The molecule has 0 unspecified atom stereocenters. The number of carbonyl (C=O) groups is 2. The van der Waals surface area contributed by atoms with Gasteiger partial charge in [0.25, 0.3) is 0 Å². The Balaban J connectivity index is 2.06. The molecule has 1 aromatic carbocycles. The van der Waals surface area contributed by atoms with Crippen molar-refractivity contribution in [3.63, 3.8) is 0 Å². The quantitative estimate of drug-likeness (QED) is 0.0571. The number of rotatable bonds is 19. The monoisotopic (exact) mass is 761 g/mol. The number of alkyl halides is 1. The number of nitrogens with one attached hydrogen (secondary N) is 1. The molecule has 3 aliphatic rings. The molecule has 0 aromatic heterocycles. The van der Waals surface area contributed by atoms with Crippen molar-refractivity contribution in [2.75, 3.05) is 45.4 Å². The lowest BCUT2D eigenvalue weighted by molar-refractivity contribution is -0.255. The van der Waals surface area contributed by atoms with Gasteiger partial charge in [0.15, 0.2) is 0 Å². The summed E-state index contributed by atoms with van der Waals surface area (Å²) in [5, 5.41) is 27.1. The summed E-state index contributed by atoms with van der Waals surface area (Å²) in [4.78, 5) is 34.4. The van der Waals surface area contributed by atoms with Gasteiger partial charge in [0.1, 0.15) is 29.7 Å². The van der Waals surface area contributed by atoms with Gasteiger partial charge in [-0.3, -0.25) is 4.90 Å². The summed E-state index contributed by atoms with van der Waals surface area (Å²) in [6.45, 7) is 14.7. The third kappa shape index (κ3) is 10.3. The molecule has 0 radical (unpaired) electrons. The van der Waals surface area contributed by atoms with E-state index in [9.17, 15) is 19.8 Å². The Morgan fingerprint density at radius 1 is 1.15 bits per heavy atom. The van der Waals surface area contributed by atoms with E-state index in [1.54, 1.807) is 17.0 Å². The summed E-state index contributed by atoms with van der Waals surface area (Å²) in [6.07, 6.45) is 8.25. The van der Waals surface area contributed by atoms with Crippen molar-refractivity contribution in [2.24, 2.45) is 22.9 Å². The van der Waals surface area contributed by atoms with E-state index in [1.165, 1.54) is 0 Å². The standard InChI is InChI=1S/C40H60ClN3O9/c1-7-19-44(38(48)49-23-18-41)34-26-32(43-53-39(4,5)6)30-24-27(14-10-12-20-45)29(15-11-13-21-46)35-31-25-28(51-37(47)42-9-3)16-17-33(31)52-40(34,36(30)35)50-22-8-2/h8,16-17,24-25,27,29,34-36,45-46H,2,7,9-15,18-23,26H2,1,3-6H3,(H,42,47)/t27-,29+,34-,35+,36+,40+/m0/s1. The number of halogens is 1. The van der Waals surface area contributed by atoms with Crippen LogP contribution in [-0.2, 0) is 14.3 Å². The number of oxime groups is 1. The molecule has 4 rings (SSSR count). The highest BCUT2D eigenvalue weighted by atomic mass is 35.5. The molecule has 0 saturated heterocycles. The molecule has 1 aromatic rings. The predicted molar refractivity (Wildman–Crippen MR) is 205 cm³/mol. The number of aliphatic hydroxyl groups is 2. The van der Waals surface area contributed by atoms with E-state index >= 15 is 0 Å². The van der Waals surface area contributed by atoms with Gasteiger partial charge in [-0.1, -0.05) is 37.1 Å². The zero-order chi connectivity index (χ0) is 38.6. The molecule has 12 nitrogen and oxygen atoms in total. The summed E-state index contributed by atoms with van der Waals surface area (Å²) < 4.78 is 25.5. The lowest BCUT2D eigenvalue weighted by atomic mass is 9.55. The van der Waals surface area contributed by atoms with Gasteiger partial charge in [-0.25, -0.2) is 9.59 Å². The van der Waals surface area contributed by atoms with Crippen molar-refractivity contribution < 1.29 is 43.6 Å². The summed E-state index contributed by atoms with van der Waals surface area (Å²) in [6, 6.07) is 4.68. The topological polar surface area (TPSA) is 148 Å².